The molecule has 1 aromatic heterocycles. The second kappa shape index (κ2) is 5.99. The zero-order valence-electron chi connectivity index (χ0n) is 13.5. The molecule has 122 valence electrons. The monoisotopic (exact) mass is 338 g/mol. The molecule has 24 heavy (non-hydrogen) atoms. The number of fused-ring (bicyclic) bond motifs is 3. The van der Waals surface area contributed by atoms with E-state index in [9.17, 15) is 4.79 Å². The van der Waals surface area contributed by atoms with Gasteiger partial charge in [-0.2, -0.15) is 0 Å². The fraction of sp³-hybridized carbons (Fsp3) is 0.250. The normalized spacial score (nSPS) is 16.8. The first-order chi connectivity index (χ1) is 11.6. The van der Waals surface area contributed by atoms with Gasteiger partial charge in [-0.15, -0.1) is 0 Å². The molecule has 0 spiro atoms. The Bertz CT molecular complexity index is 929. The summed E-state index contributed by atoms with van der Waals surface area (Å²) in [6, 6.07) is 13.9. The van der Waals surface area contributed by atoms with E-state index in [0.29, 0.717) is 5.02 Å². The van der Waals surface area contributed by atoms with Gasteiger partial charge in [0.2, 0.25) is 5.91 Å². The lowest BCUT2D eigenvalue weighted by atomic mass is 9.85. The topological polar surface area (TPSA) is 44.9 Å². The van der Waals surface area contributed by atoms with Gasteiger partial charge in [0, 0.05) is 33.2 Å². The predicted octanol–water partition coefficient (Wildman–Crippen LogP) is 4.87. The summed E-state index contributed by atoms with van der Waals surface area (Å²) >= 11 is 6.05. The van der Waals surface area contributed by atoms with Crippen LogP contribution in [0, 0.1) is 12.8 Å². The number of aromatic amines is 1. The number of hydrogen-bond acceptors (Lipinski definition) is 1. The number of benzene rings is 2. The molecule has 1 atom stereocenters. The summed E-state index contributed by atoms with van der Waals surface area (Å²) in [5.41, 5.74) is 5.56. The van der Waals surface area contributed by atoms with Gasteiger partial charge in [0.1, 0.15) is 0 Å². The Kier molecular flexibility index (Phi) is 3.81. The molecule has 0 saturated heterocycles. The number of rotatable bonds is 2. The lowest BCUT2D eigenvalue weighted by Gasteiger charge is -2.22. The van der Waals surface area contributed by atoms with Crippen molar-refractivity contribution < 1.29 is 4.79 Å². The third-order valence-electron chi connectivity index (χ3n) is 4.92. The quantitative estimate of drug-likeness (QED) is 0.687. The van der Waals surface area contributed by atoms with Crippen molar-refractivity contribution in [2.75, 3.05) is 5.32 Å². The molecule has 4 heteroatoms. The maximum absolute atomic E-state index is 12.7. The van der Waals surface area contributed by atoms with E-state index in [-0.39, 0.29) is 11.8 Å². The molecular weight excluding hydrogens is 320 g/mol. The number of halogens is 1. The molecule has 1 heterocycles. The molecule has 4 rings (SSSR count). The van der Waals surface area contributed by atoms with Crippen LogP contribution < -0.4 is 5.32 Å². The fourth-order valence-electron chi connectivity index (χ4n) is 3.56. The molecule has 1 aliphatic carbocycles. The lowest BCUT2D eigenvalue weighted by molar-refractivity contribution is -0.120. The first kappa shape index (κ1) is 15.3. The molecule has 3 nitrogen and oxygen atoms in total. The van der Waals surface area contributed by atoms with Crippen molar-refractivity contribution in [3.05, 3.63) is 64.3 Å². The molecule has 0 radical (unpaired) electrons. The second-order valence-electron chi connectivity index (χ2n) is 6.52. The minimum absolute atomic E-state index is 0.00455. The van der Waals surface area contributed by atoms with Gasteiger partial charge in [-0.05, 0) is 55.5 Å². The fourth-order valence-corrected chi connectivity index (χ4v) is 3.73. The molecule has 1 aliphatic rings. The van der Waals surface area contributed by atoms with E-state index in [0.717, 1.165) is 36.0 Å². The SMILES string of the molecule is Cc1ccc(Cl)cc1NC(=O)C1CCc2[nH]c3ccccc3c2C1. The summed E-state index contributed by atoms with van der Waals surface area (Å²) in [4.78, 5) is 16.2. The Labute approximate surface area is 146 Å². The Morgan fingerprint density at radius 3 is 2.96 bits per heavy atom. The van der Waals surface area contributed by atoms with Crippen molar-refractivity contribution in [3.63, 3.8) is 0 Å². The van der Waals surface area contributed by atoms with Gasteiger partial charge in [0.15, 0.2) is 0 Å². The maximum atomic E-state index is 12.7. The number of amides is 1. The van der Waals surface area contributed by atoms with E-state index in [4.69, 9.17) is 11.6 Å². The Morgan fingerprint density at radius 1 is 1.25 bits per heavy atom. The lowest BCUT2D eigenvalue weighted by Crippen LogP contribution is -2.28. The van der Waals surface area contributed by atoms with Gasteiger partial charge >= 0.3 is 0 Å². The molecule has 2 aromatic carbocycles. The largest absolute Gasteiger partial charge is 0.358 e. The highest BCUT2D eigenvalue weighted by Gasteiger charge is 2.27. The van der Waals surface area contributed by atoms with Crippen molar-refractivity contribution >= 4 is 34.1 Å². The molecule has 3 aromatic rings. The summed E-state index contributed by atoms with van der Waals surface area (Å²) < 4.78 is 0. The minimum Gasteiger partial charge on any atom is -0.358 e. The van der Waals surface area contributed by atoms with E-state index in [1.807, 2.05) is 31.2 Å². The van der Waals surface area contributed by atoms with Gasteiger partial charge in [-0.3, -0.25) is 4.79 Å². The van der Waals surface area contributed by atoms with E-state index >= 15 is 0 Å². The number of carbonyl (C=O) groups is 1. The molecule has 0 saturated carbocycles. The molecule has 0 bridgehead atoms. The average molecular weight is 339 g/mol. The van der Waals surface area contributed by atoms with Gasteiger partial charge in [-0.1, -0.05) is 35.9 Å². The summed E-state index contributed by atoms with van der Waals surface area (Å²) in [7, 11) is 0. The third-order valence-corrected chi connectivity index (χ3v) is 5.16. The molecule has 0 aliphatic heterocycles. The van der Waals surface area contributed by atoms with Crippen LogP contribution in [0.5, 0.6) is 0 Å². The van der Waals surface area contributed by atoms with Crippen LogP contribution in [0.4, 0.5) is 5.69 Å². The van der Waals surface area contributed by atoms with Crippen molar-refractivity contribution in [1.82, 2.24) is 4.98 Å². The van der Waals surface area contributed by atoms with Crippen LogP contribution in [0.15, 0.2) is 42.5 Å². The number of para-hydroxylation sites is 1. The van der Waals surface area contributed by atoms with Crippen molar-refractivity contribution in [3.8, 4) is 0 Å². The van der Waals surface area contributed by atoms with Crippen LogP contribution in [-0.2, 0) is 17.6 Å². The Balaban J connectivity index is 1.57. The Hall–Kier alpha value is -2.26. The first-order valence-corrected chi connectivity index (χ1v) is 8.65. The number of anilines is 1. The van der Waals surface area contributed by atoms with Crippen LogP contribution in [0.25, 0.3) is 10.9 Å². The van der Waals surface area contributed by atoms with Crippen molar-refractivity contribution in [1.29, 1.82) is 0 Å². The number of aryl methyl sites for hydroxylation is 2. The van der Waals surface area contributed by atoms with Crippen LogP contribution in [0.1, 0.15) is 23.2 Å². The molecular formula is C20H19ClN2O. The summed E-state index contributed by atoms with van der Waals surface area (Å²) in [6.45, 7) is 1.98. The molecule has 0 fully saturated rings. The predicted molar refractivity (Wildman–Crippen MR) is 98.6 cm³/mol. The highest BCUT2D eigenvalue weighted by atomic mass is 35.5. The van der Waals surface area contributed by atoms with Crippen LogP contribution in [0.3, 0.4) is 0 Å². The van der Waals surface area contributed by atoms with Crippen molar-refractivity contribution in [2.45, 2.75) is 26.2 Å². The van der Waals surface area contributed by atoms with Crippen LogP contribution in [-0.4, -0.2) is 10.9 Å². The standard InChI is InChI=1S/C20H19ClN2O/c1-12-6-8-14(21)11-19(12)23-20(24)13-7-9-18-16(10-13)15-4-2-3-5-17(15)22-18/h2-6,8,11,13,22H,7,9-10H2,1H3,(H,23,24). The third kappa shape index (κ3) is 2.69. The van der Waals surface area contributed by atoms with E-state index in [2.05, 4.69) is 28.5 Å². The summed E-state index contributed by atoms with van der Waals surface area (Å²) in [5.74, 6) is 0.0754. The molecule has 1 unspecified atom stereocenters. The highest BCUT2D eigenvalue weighted by Crippen LogP contribution is 2.32. The number of H-pyrrole nitrogens is 1. The molecule has 2 N–H and O–H groups in total. The first-order valence-electron chi connectivity index (χ1n) is 8.27. The van der Waals surface area contributed by atoms with Gasteiger partial charge in [0.25, 0.3) is 0 Å². The zero-order valence-corrected chi connectivity index (χ0v) is 14.3. The van der Waals surface area contributed by atoms with Gasteiger partial charge in [-0.25, -0.2) is 0 Å². The Morgan fingerprint density at radius 2 is 2.08 bits per heavy atom. The number of hydrogen-bond donors (Lipinski definition) is 2. The van der Waals surface area contributed by atoms with E-state index in [1.165, 1.54) is 16.6 Å². The highest BCUT2D eigenvalue weighted by molar-refractivity contribution is 6.31. The smallest absolute Gasteiger partial charge is 0.227 e. The number of nitrogens with one attached hydrogen (secondary N) is 2. The summed E-state index contributed by atoms with van der Waals surface area (Å²) in [5, 5.41) is 4.94. The zero-order chi connectivity index (χ0) is 16.7. The van der Waals surface area contributed by atoms with Crippen molar-refractivity contribution in [2.24, 2.45) is 5.92 Å². The molecule has 1 amide bonds. The minimum atomic E-state index is -0.00455. The van der Waals surface area contributed by atoms with E-state index in [1.54, 1.807) is 0 Å². The second-order valence-corrected chi connectivity index (χ2v) is 6.95. The van der Waals surface area contributed by atoms with Crippen LogP contribution >= 0.6 is 11.6 Å². The summed E-state index contributed by atoms with van der Waals surface area (Å²) in [6.07, 6.45) is 2.56. The van der Waals surface area contributed by atoms with Gasteiger partial charge in [0.05, 0.1) is 0 Å². The van der Waals surface area contributed by atoms with Crippen LogP contribution in [0.2, 0.25) is 5.02 Å². The maximum Gasteiger partial charge on any atom is 0.227 e. The van der Waals surface area contributed by atoms with Gasteiger partial charge < -0.3 is 10.3 Å². The average Bonchev–Trinajstić information content (AvgIpc) is 2.96. The number of aromatic nitrogens is 1. The number of carbonyl (C=O) groups excluding carboxylic acids is 1. The van der Waals surface area contributed by atoms with E-state index < -0.39 is 0 Å².